The van der Waals surface area contributed by atoms with Crippen molar-refractivity contribution in [2.45, 2.75) is 31.9 Å². The molecule has 2 N–H and O–H groups in total. The van der Waals surface area contributed by atoms with Gasteiger partial charge in [-0.25, -0.2) is 0 Å². The van der Waals surface area contributed by atoms with Gasteiger partial charge < -0.3 is 15.4 Å². The molecule has 0 radical (unpaired) electrons. The van der Waals surface area contributed by atoms with Crippen molar-refractivity contribution in [3.8, 4) is 5.75 Å². The number of carbonyl (C=O) groups is 1. The summed E-state index contributed by atoms with van der Waals surface area (Å²) in [6.45, 7) is 6.24. The molecule has 36 heavy (non-hydrogen) atoms. The molecule has 184 valence electrons. The van der Waals surface area contributed by atoms with Gasteiger partial charge in [0.1, 0.15) is 12.4 Å². The molecule has 1 amide bonds. The van der Waals surface area contributed by atoms with Crippen LogP contribution in [-0.4, -0.2) is 16.3 Å². The Morgan fingerprint density at radius 1 is 1.11 bits per heavy atom. The second kappa shape index (κ2) is 11.6. The average Bonchev–Trinajstić information content (AvgIpc) is 3.22. The summed E-state index contributed by atoms with van der Waals surface area (Å²) in [5.74, 6) is 0.584. The first kappa shape index (κ1) is 25.1. The van der Waals surface area contributed by atoms with Crippen molar-refractivity contribution in [3.05, 3.63) is 117 Å². The van der Waals surface area contributed by atoms with E-state index in [9.17, 15) is 14.9 Å². The van der Waals surface area contributed by atoms with E-state index in [4.69, 9.17) is 4.74 Å². The van der Waals surface area contributed by atoms with E-state index in [-0.39, 0.29) is 23.7 Å². The van der Waals surface area contributed by atoms with E-state index in [2.05, 4.69) is 36.3 Å². The van der Waals surface area contributed by atoms with Gasteiger partial charge in [-0.1, -0.05) is 43.0 Å². The van der Waals surface area contributed by atoms with Crippen molar-refractivity contribution in [3.63, 3.8) is 0 Å². The molecule has 0 unspecified atom stereocenters. The Bertz CT molecular complexity index is 1290. The van der Waals surface area contributed by atoms with E-state index in [1.54, 1.807) is 18.2 Å². The number of aryl methyl sites for hydroxylation is 1. The fraction of sp³-hybridized carbons (Fsp3) is 0.179. The second-order valence-corrected chi connectivity index (χ2v) is 9.39. The van der Waals surface area contributed by atoms with E-state index in [1.165, 1.54) is 29.5 Å². The monoisotopic (exact) mass is 501 g/mol. The fourth-order valence-electron chi connectivity index (χ4n) is 3.72. The first-order valence-corrected chi connectivity index (χ1v) is 12.5. The smallest absolute Gasteiger partial charge is 0.269 e. The first-order valence-electron chi connectivity index (χ1n) is 11.6. The lowest BCUT2D eigenvalue weighted by Gasteiger charge is -2.13. The van der Waals surface area contributed by atoms with E-state index >= 15 is 0 Å². The zero-order valence-corrected chi connectivity index (χ0v) is 20.7. The van der Waals surface area contributed by atoms with Gasteiger partial charge in [-0.3, -0.25) is 14.9 Å². The molecule has 7 nitrogen and oxygen atoms in total. The molecule has 0 spiro atoms. The van der Waals surface area contributed by atoms with Gasteiger partial charge in [0.2, 0.25) is 0 Å². The molecule has 1 saturated heterocycles. The fourth-order valence-corrected chi connectivity index (χ4v) is 4.71. The van der Waals surface area contributed by atoms with Crippen LogP contribution < -0.4 is 15.4 Å². The SMILES string of the molecule is C=CCc1cc(/C=C2\S[C@@H](Nc3ccc(CC)cc3)NC2=O)ccc1OCc1ccc([N+](=O)[O-])cc1. The number of benzene rings is 3. The Kier molecular flexibility index (Phi) is 8.07. The Labute approximate surface area is 214 Å². The molecule has 0 aliphatic carbocycles. The van der Waals surface area contributed by atoms with Crippen molar-refractivity contribution in [1.29, 1.82) is 0 Å². The molecule has 1 aliphatic heterocycles. The number of allylic oxidation sites excluding steroid dienone is 1. The number of hydrogen-bond acceptors (Lipinski definition) is 6. The van der Waals surface area contributed by atoms with Gasteiger partial charge in [0.15, 0.2) is 5.50 Å². The summed E-state index contributed by atoms with van der Waals surface area (Å²) < 4.78 is 5.99. The predicted octanol–water partition coefficient (Wildman–Crippen LogP) is 6.06. The standard InChI is InChI=1S/C28H27N3O4S/c1-3-5-22-16-21(10-15-25(22)35-18-20-8-13-24(14-9-20)31(33)34)17-26-27(32)30-28(36-26)29-23-11-6-19(4-2)7-12-23/h3,6-17,28-29H,1,4-5,18H2,2H3,(H,30,32)/b26-17-/t28-/m0/s1. The number of anilines is 1. The maximum absolute atomic E-state index is 12.6. The van der Waals surface area contributed by atoms with Gasteiger partial charge in [-0.05, 0) is 77.6 Å². The van der Waals surface area contributed by atoms with Gasteiger partial charge in [-0.15, -0.1) is 6.58 Å². The molecule has 4 rings (SSSR count). The number of rotatable bonds is 10. The third kappa shape index (κ3) is 6.34. The number of thioether (sulfide) groups is 1. The largest absolute Gasteiger partial charge is 0.489 e. The van der Waals surface area contributed by atoms with Crippen molar-refractivity contribution in [2.75, 3.05) is 5.32 Å². The van der Waals surface area contributed by atoms with Crippen LogP contribution in [0.5, 0.6) is 5.75 Å². The Morgan fingerprint density at radius 3 is 2.50 bits per heavy atom. The summed E-state index contributed by atoms with van der Waals surface area (Å²) in [7, 11) is 0. The van der Waals surface area contributed by atoms with Crippen LogP contribution in [0.25, 0.3) is 6.08 Å². The minimum absolute atomic E-state index is 0.0455. The second-order valence-electron chi connectivity index (χ2n) is 8.25. The summed E-state index contributed by atoms with van der Waals surface area (Å²) in [5, 5.41) is 17.1. The lowest BCUT2D eigenvalue weighted by atomic mass is 10.1. The normalized spacial score (nSPS) is 16.0. The Hall–Kier alpha value is -4.04. The molecule has 3 aromatic rings. The number of nitro benzene ring substituents is 1. The van der Waals surface area contributed by atoms with Crippen LogP contribution in [0.1, 0.15) is 29.2 Å². The summed E-state index contributed by atoms with van der Waals surface area (Å²) in [6.07, 6.45) is 5.25. The summed E-state index contributed by atoms with van der Waals surface area (Å²) in [5.41, 5.74) is 4.68. The highest BCUT2D eigenvalue weighted by Crippen LogP contribution is 2.31. The number of nitrogens with one attached hydrogen (secondary N) is 2. The number of hydrogen-bond donors (Lipinski definition) is 2. The van der Waals surface area contributed by atoms with E-state index < -0.39 is 4.92 Å². The zero-order chi connectivity index (χ0) is 25.5. The lowest BCUT2D eigenvalue weighted by Crippen LogP contribution is -2.30. The highest BCUT2D eigenvalue weighted by molar-refractivity contribution is 8.05. The number of nitrogens with zero attached hydrogens (tertiary/aromatic N) is 1. The minimum atomic E-state index is -0.426. The molecule has 0 bridgehead atoms. The van der Waals surface area contributed by atoms with Crippen molar-refractivity contribution in [1.82, 2.24) is 5.32 Å². The van der Waals surface area contributed by atoms with E-state index in [1.807, 2.05) is 36.4 Å². The van der Waals surface area contributed by atoms with Crippen LogP contribution in [0.15, 0.2) is 84.3 Å². The van der Waals surface area contributed by atoms with E-state index in [0.717, 1.165) is 28.8 Å². The van der Waals surface area contributed by atoms with Crippen LogP contribution >= 0.6 is 11.8 Å². The van der Waals surface area contributed by atoms with Crippen LogP contribution in [0.3, 0.4) is 0 Å². The topological polar surface area (TPSA) is 93.5 Å². The quantitative estimate of drug-likeness (QED) is 0.152. The average molecular weight is 502 g/mol. The van der Waals surface area contributed by atoms with Gasteiger partial charge in [-0.2, -0.15) is 0 Å². The zero-order valence-electron chi connectivity index (χ0n) is 19.9. The third-order valence-electron chi connectivity index (χ3n) is 5.68. The molecular formula is C28H27N3O4S. The van der Waals surface area contributed by atoms with Crippen molar-refractivity contribution in [2.24, 2.45) is 0 Å². The number of ether oxygens (including phenoxy) is 1. The van der Waals surface area contributed by atoms with Gasteiger partial charge in [0.25, 0.3) is 11.6 Å². The van der Waals surface area contributed by atoms with Gasteiger partial charge in [0.05, 0.1) is 9.83 Å². The third-order valence-corrected chi connectivity index (χ3v) is 6.71. The highest BCUT2D eigenvalue weighted by atomic mass is 32.2. The summed E-state index contributed by atoms with van der Waals surface area (Å²) >= 11 is 1.44. The number of non-ortho nitro benzene ring substituents is 1. The number of carbonyl (C=O) groups excluding carboxylic acids is 1. The van der Waals surface area contributed by atoms with Crippen LogP contribution in [-0.2, 0) is 24.2 Å². The minimum Gasteiger partial charge on any atom is -0.489 e. The highest BCUT2D eigenvalue weighted by Gasteiger charge is 2.27. The Balaban J connectivity index is 1.43. The van der Waals surface area contributed by atoms with Crippen LogP contribution in [0, 0.1) is 10.1 Å². The van der Waals surface area contributed by atoms with E-state index in [0.29, 0.717) is 17.1 Å². The van der Waals surface area contributed by atoms with Gasteiger partial charge >= 0.3 is 0 Å². The van der Waals surface area contributed by atoms with Crippen LogP contribution in [0.4, 0.5) is 11.4 Å². The molecule has 1 atom stereocenters. The summed E-state index contributed by atoms with van der Waals surface area (Å²) in [6, 6.07) is 20.2. The molecule has 0 aromatic heterocycles. The maximum Gasteiger partial charge on any atom is 0.269 e. The lowest BCUT2D eigenvalue weighted by molar-refractivity contribution is -0.384. The Morgan fingerprint density at radius 2 is 1.83 bits per heavy atom. The molecule has 0 saturated carbocycles. The number of amides is 1. The molecular weight excluding hydrogens is 474 g/mol. The van der Waals surface area contributed by atoms with Gasteiger partial charge in [0, 0.05) is 17.8 Å². The van der Waals surface area contributed by atoms with Crippen molar-refractivity contribution < 1.29 is 14.5 Å². The molecule has 8 heteroatoms. The first-order chi connectivity index (χ1) is 17.4. The summed E-state index contributed by atoms with van der Waals surface area (Å²) in [4.78, 5) is 23.6. The maximum atomic E-state index is 12.6. The molecule has 1 heterocycles. The van der Waals surface area contributed by atoms with Crippen LogP contribution in [0.2, 0.25) is 0 Å². The van der Waals surface area contributed by atoms with Crippen molar-refractivity contribution >= 4 is 35.1 Å². The molecule has 3 aromatic carbocycles. The predicted molar refractivity (Wildman–Crippen MR) is 145 cm³/mol. The number of nitro groups is 1. The molecule has 1 fully saturated rings. The molecule has 1 aliphatic rings.